The van der Waals surface area contributed by atoms with E-state index in [0.29, 0.717) is 5.92 Å². The van der Waals surface area contributed by atoms with E-state index in [4.69, 9.17) is 0 Å². The van der Waals surface area contributed by atoms with Gasteiger partial charge in [0.25, 0.3) is 0 Å². The molecule has 1 atom stereocenters. The topological polar surface area (TPSA) is 12.9 Å². The summed E-state index contributed by atoms with van der Waals surface area (Å²) < 4.78 is 0.133. The standard InChI is InChI=1S/C8H7Br2N/c9-8(10)5-6(8)7-3-1-2-4-11-7/h1-4,6H,5H2. The molecule has 1 fully saturated rings. The van der Waals surface area contributed by atoms with E-state index in [1.165, 1.54) is 5.69 Å². The van der Waals surface area contributed by atoms with Crippen LogP contribution in [0.25, 0.3) is 0 Å². The van der Waals surface area contributed by atoms with Crippen molar-refractivity contribution in [1.82, 2.24) is 4.98 Å². The molecular formula is C8H7Br2N. The monoisotopic (exact) mass is 275 g/mol. The third kappa shape index (κ3) is 1.49. The van der Waals surface area contributed by atoms with Gasteiger partial charge in [-0.3, -0.25) is 4.98 Å². The van der Waals surface area contributed by atoms with Crippen LogP contribution in [0.4, 0.5) is 0 Å². The molecule has 0 bridgehead atoms. The van der Waals surface area contributed by atoms with Gasteiger partial charge >= 0.3 is 0 Å². The number of hydrogen-bond acceptors (Lipinski definition) is 1. The quantitative estimate of drug-likeness (QED) is 0.719. The lowest BCUT2D eigenvalue weighted by Gasteiger charge is -1.97. The van der Waals surface area contributed by atoms with Crippen LogP contribution in [0.15, 0.2) is 24.4 Å². The molecule has 0 spiro atoms. The second-order valence-electron chi connectivity index (χ2n) is 2.77. The summed E-state index contributed by atoms with van der Waals surface area (Å²) in [5.74, 6) is 0.545. The molecule has 11 heavy (non-hydrogen) atoms. The van der Waals surface area contributed by atoms with E-state index in [0.717, 1.165) is 6.42 Å². The Morgan fingerprint density at radius 3 is 2.64 bits per heavy atom. The van der Waals surface area contributed by atoms with Crippen LogP contribution in [0.2, 0.25) is 0 Å². The Labute approximate surface area is 82.5 Å². The highest BCUT2D eigenvalue weighted by molar-refractivity contribution is 9.25. The van der Waals surface area contributed by atoms with Crippen LogP contribution in [0.3, 0.4) is 0 Å². The Balaban J connectivity index is 2.21. The lowest BCUT2D eigenvalue weighted by molar-refractivity contribution is 1.02. The van der Waals surface area contributed by atoms with E-state index >= 15 is 0 Å². The summed E-state index contributed by atoms with van der Waals surface area (Å²) in [5.41, 5.74) is 1.17. The predicted octanol–water partition coefficient (Wildman–Crippen LogP) is 3.06. The fraction of sp³-hybridized carbons (Fsp3) is 0.375. The lowest BCUT2D eigenvalue weighted by atomic mass is 10.3. The van der Waals surface area contributed by atoms with Gasteiger partial charge in [-0.05, 0) is 18.6 Å². The zero-order chi connectivity index (χ0) is 7.90. The maximum Gasteiger partial charge on any atom is 0.0896 e. The molecule has 1 nitrogen and oxygen atoms in total. The zero-order valence-corrected chi connectivity index (χ0v) is 8.97. The van der Waals surface area contributed by atoms with Crippen molar-refractivity contribution in [2.45, 2.75) is 15.6 Å². The van der Waals surface area contributed by atoms with Crippen molar-refractivity contribution >= 4 is 31.9 Å². The molecule has 0 amide bonds. The third-order valence-electron chi connectivity index (χ3n) is 1.87. The van der Waals surface area contributed by atoms with Crippen molar-refractivity contribution in [2.75, 3.05) is 0 Å². The van der Waals surface area contributed by atoms with Gasteiger partial charge in [0, 0.05) is 17.8 Å². The van der Waals surface area contributed by atoms with Gasteiger partial charge in [0.15, 0.2) is 0 Å². The van der Waals surface area contributed by atoms with Crippen molar-refractivity contribution in [3.8, 4) is 0 Å². The van der Waals surface area contributed by atoms with Gasteiger partial charge in [-0.25, -0.2) is 0 Å². The van der Waals surface area contributed by atoms with Crippen molar-refractivity contribution < 1.29 is 0 Å². The maximum atomic E-state index is 4.28. The van der Waals surface area contributed by atoms with E-state index in [1.54, 1.807) is 0 Å². The zero-order valence-electron chi connectivity index (χ0n) is 5.80. The lowest BCUT2D eigenvalue weighted by Crippen LogP contribution is -1.90. The molecule has 0 aliphatic heterocycles. The molecule has 1 aliphatic carbocycles. The van der Waals surface area contributed by atoms with E-state index in [-0.39, 0.29) is 3.23 Å². The van der Waals surface area contributed by atoms with Gasteiger partial charge in [0.1, 0.15) is 0 Å². The number of pyridine rings is 1. The molecular weight excluding hydrogens is 270 g/mol. The van der Waals surface area contributed by atoms with Crippen molar-refractivity contribution in [3.63, 3.8) is 0 Å². The fourth-order valence-electron chi connectivity index (χ4n) is 1.12. The molecule has 0 N–H and O–H groups in total. The van der Waals surface area contributed by atoms with Crippen LogP contribution in [-0.2, 0) is 0 Å². The first-order valence-corrected chi connectivity index (χ1v) is 5.07. The van der Waals surface area contributed by atoms with E-state index < -0.39 is 0 Å². The Bertz CT molecular complexity index is 258. The van der Waals surface area contributed by atoms with Crippen LogP contribution in [-0.4, -0.2) is 8.22 Å². The Morgan fingerprint density at radius 2 is 2.18 bits per heavy atom. The number of rotatable bonds is 1. The van der Waals surface area contributed by atoms with Gasteiger partial charge < -0.3 is 0 Å². The molecule has 1 saturated carbocycles. The Hall–Kier alpha value is 0.110. The van der Waals surface area contributed by atoms with E-state index in [2.05, 4.69) is 42.9 Å². The van der Waals surface area contributed by atoms with Crippen LogP contribution >= 0.6 is 31.9 Å². The summed E-state index contributed by atoms with van der Waals surface area (Å²) in [6, 6.07) is 6.03. The molecule has 1 heterocycles. The summed E-state index contributed by atoms with van der Waals surface area (Å²) in [5, 5.41) is 0. The minimum Gasteiger partial charge on any atom is -0.261 e. The van der Waals surface area contributed by atoms with Crippen molar-refractivity contribution in [2.24, 2.45) is 0 Å². The highest BCUT2D eigenvalue weighted by Crippen LogP contribution is 2.61. The smallest absolute Gasteiger partial charge is 0.0896 e. The van der Waals surface area contributed by atoms with Crippen LogP contribution in [0.1, 0.15) is 18.0 Å². The second-order valence-corrected chi connectivity index (χ2v) is 6.67. The molecule has 1 aliphatic rings. The first-order valence-electron chi connectivity index (χ1n) is 3.49. The molecule has 0 saturated heterocycles. The molecule has 2 rings (SSSR count). The number of halogens is 2. The normalized spacial score (nSPS) is 26.5. The van der Waals surface area contributed by atoms with Gasteiger partial charge in [-0.1, -0.05) is 37.9 Å². The van der Waals surface area contributed by atoms with Crippen LogP contribution in [0.5, 0.6) is 0 Å². The molecule has 1 aromatic heterocycles. The molecule has 0 aromatic carbocycles. The van der Waals surface area contributed by atoms with Gasteiger partial charge in [0.2, 0.25) is 0 Å². The van der Waals surface area contributed by atoms with Gasteiger partial charge in [0.05, 0.1) is 3.23 Å². The first kappa shape index (κ1) is 7.74. The third-order valence-corrected chi connectivity index (χ3v) is 3.62. The highest BCUT2D eigenvalue weighted by atomic mass is 79.9. The second kappa shape index (κ2) is 2.56. The average Bonchev–Trinajstić information content (AvgIpc) is 2.62. The molecule has 1 unspecified atom stereocenters. The summed E-state index contributed by atoms with van der Waals surface area (Å²) in [6.07, 6.45) is 2.97. The minimum atomic E-state index is 0.133. The molecule has 3 heteroatoms. The average molecular weight is 277 g/mol. The minimum absolute atomic E-state index is 0.133. The van der Waals surface area contributed by atoms with E-state index in [9.17, 15) is 0 Å². The van der Waals surface area contributed by atoms with E-state index in [1.807, 2.05) is 18.3 Å². The SMILES string of the molecule is BrC1(Br)CC1c1ccccn1. The summed E-state index contributed by atoms with van der Waals surface area (Å²) in [6.45, 7) is 0. The van der Waals surface area contributed by atoms with Gasteiger partial charge in [-0.15, -0.1) is 0 Å². The largest absolute Gasteiger partial charge is 0.261 e. The molecule has 58 valence electrons. The van der Waals surface area contributed by atoms with Gasteiger partial charge in [-0.2, -0.15) is 0 Å². The Morgan fingerprint density at radius 1 is 1.45 bits per heavy atom. The number of hydrogen-bond donors (Lipinski definition) is 0. The first-order chi connectivity index (χ1) is 5.20. The summed E-state index contributed by atoms with van der Waals surface area (Å²) >= 11 is 7.13. The molecule has 1 aromatic rings. The predicted molar refractivity (Wildman–Crippen MR) is 52.2 cm³/mol. The summed E-state index contributed by atoms with van der Waals surface area (Å²) in [7, 11) is 0. The number of alkyl halides is 2. The Kier molecular flexibility index (Phi) is 1.80. The molecule has 0 radical (unpaired) electrons. The van der Waals surface area contributed by atoms with Crippen LogP contribution in [0, 0.1) is 0 Å². The summed E-state index contributed by atoms with van der Waals surface area (Å²) in [4.78, 5) is 4.28. The number of nitrogens with zero attached hydrogens (tertiary/aromatic N) is 1. The maximum absolute atomic E-state index is 4.28. The van der Waals surface area contributed by atoms with Crippen molar-refractivity contribution in [3.05, 3.63) is 30.1 Å². The van der Waals surface area contributed by atoms with Crippen molar-refractivity contribution in [1.29, 1.82) is 0 Å². The fourth-order valence-corrected chi connectivity index (χ4v) is 2.23. The van der Waals surface area contributed by atoms with Crippen LogP contribution < -0.4 is 0 Å². The highest BCUT2D eigenvalue weighted by Gasteiger charge is 2.51. The number of aromatic nitrogens is 1.